The molecule has 0 aliphatic carbocycles. The normalized spacial score (nSPS) is 20.0. The predicted octanol–water partition coefficient (Wildman–Crippen LogP) is 3.49. The van der Waals surface area contributed by atoms with Crippen molar-refractivity contribution < 1.29 is 9.59 Å². The lowest BCUT2D eigenvalue weighted by Crippen LogP contribution is -2.54. The van der Waals surface area contributed by atoms with Crippen LogP contribution in [0.15, 0.2) is 29.8 Å². The molecule has 3 rings (SSSR count). The molecule has 0 spiro atoms. The molecular weight excluding hydrogens is 358 g/mol. The van der Waals surface area contributed by atoms with Crippen LogP contribution in [0.25, 0.3) is 6.08 Å². The Labute approximate surface area is 166 Å². The third kappa shape index (κ3) is 4.75. The average Bonchev–Trinajstić information content (AvgIpc) is 2.95. The van der Waals surface area contributed by atoms with Crippen molar-refractivity contribution in [2.75, 3.05) is 24.5 Å². The van der Waals surface area contributed by atoms with Gasteiger partial charge in [-0.1, -0.05) is 38.3 Å². The van der Waals surface area contributed by atoms with Gasteiger partial charge in [-0.15, -0.1) is 0 Å². The molecule has 0 atom stereocenters. The molecule has 2 saturated heterocycles. The number of anilines is 1. The highest BCUT2D eigenvalue weighted by Gasteiger charge is 2.32. The van der Waals surface area contributed by atoms with E-state index in [1.165, 1.54) is 36.3 Å². The van der Waals surface area contributed by atoms with Crippen LogP contribution in [-0.4, -0.2) is 41.5 Å². The molecule has 0 unspecified atom stereocenters. The molecule has 27 heavy (non-hydrogen) atoms. The monoisotopic (exact) mass is 385 g/mol. The van der Waals surface area contributed by atoms with Gasteiger partial charge >= 0.3 is 0 Å². The van der Waals surface area contributed by atoms with Crippen LogP contribution in [0.5, 0.6) is 0 Å². The maximum absolute atomic E-state index is 12.7. The van der Waals surface area contributed by atoms with Gasteiger partial charge in [-0.25, -0.2) is 0 Å². The number of unbranched alkanes of at least 4 members (excludes halogenated alkanes) is 1. The largest absolute Gasteiger partial charge is 0.372 e. The number of benzene rings is 1. The second-order valence-corrected chi connectivity index (χ2v) is 7.51. The predicted molar refractivity (Wildman–Crippen MR) is 112 cm³/mol. The smallest absolute Gasteiger partial charge is 0.265 e. The SMILES string of the molecule is CCCCN1C(=O)C(=Cc2ccc(N3CCCCCC3)cc2)C(=O)NC1=S. The Bertz CT molecular complexity index is 734. The number of thiocarbonyl (C=S) groups is 1. The first kappa shape index (κ1) is 19.5. The van der Waals surface area contributed by atoms with Crippen molar-refractivity contribution in [3.63, 3.8) is 0 Å². The highest BCUT2D eigenvalue weighted by Crippen LogP contribution is 2.22. The zero-order chi connectivity index (χ0) is 19.2. The minimum absolute atomic E-state index is 0.141. The zero-order valence-electron chi connectivity index (χ0n) is 15.9. The molecule has 6 heteroatoms. The van der Waals surface area contributed by atoms with E-state index in [2.05, 4.69) is 29.3 Å². The molecule has 1 N–H and O–H groups in total. The molecular formula is C21H27N3O2S. The van der Waals surface area contributed by atoms with Crippen LogP contribution >= 0.6 is 12.2 Å². The molecule has 0 bridgehead atoms. The topological polar surface area (TPSA) is 52.7 Å². The van der Waals surface area contributed by atoms with Crippen molar-refractivity contribution in [2.24, 2.45) is 0 Å². The van der Waals surface area contributed by atoms with Gasteiger partial charge in [0, 0.05) is 25.3 Å². The molecule has 2 amide bonds. The van der Waals surface area contributed by atoms with E-state index in [9.17, 15) is 9.59 Å². The summed E-state index contributed by atoms with van der Waals surface area (Å²) in [7, 11) is 0. The van der Waals surface area contributed by atoms with E-state index in [4.69, 9.17) is 12.2 Å². The van der Waals surface area contributed by atoms with Crippen molar-refractivity contribution in [3.8, 4) is 0 Å². The van der Waals surface area contributed by atoms with Gasteiger partial charge in [-0.05, 0) is 55.3 Å². The fourth-order valence-electron chi connectivity index (χ4n) is 3.49. The van der Waals surface area contributed by atoms with Crippen LogP contribution in [0, 0.1) is 0 Å². The third-order valence-electron chi connectivity index (χ3n) is 5.10. The molecule has 2 fully saturated rings. The first-order valence-electron chi connectivity index (χ1n) is 9.84. The number of amides is 2. The molecule has 5 nitrogen and oxygen atoms in total. The molecule has 0 radical (unpaired) electrons. The quantitative estimate of drug-likeness (QED) is 0.479. The van der Waals surface area contributed by atoms with Crippen molar-refractivity contribution in [1.82, 2.24) is 10.2 Å². The second kappa shape index (κ2) is 9.13. The maximum atomic E-state index is 12.7. The van der Waals surface area contributed by atoms with Crippen LogP contribution in [0.1, 0.15) is 51.0 Å². The number of hydrogen-bond acceptors (Lipinski definition) is 4. The summed E-state index contributed by atoms with van der Waals surface area (Å²) in [5.74, 6) is -0.733. The second-order valence-electron chi connectivity index (χ2n) is 7.12. The van der Waals surface area contributed by atoms with Gasteiger partial charge in [0.25, 0.3) is 11.8 Å². The molecule has 144 valence electrons. The van der Waals surface area contributed by atoms with Gasteiger partial charge < -0.3 is 4.90 Å². The van der Waals surface area contributed by atoms with Crippen LogP contribution < -0.4 is 10.2 Å². The van der Waals surface area contributed by atoms with Gasteiger partial charge in [-0.2, -0.15) is 0 Å². The molecule has 0 saturated carbocycles. The van der Waals surface area contributed by atoms with Crippen molar-refractivity contribution in [1.29, 1.82) is 0 Å². The Morgan fingerprint density at radius 1 is 1.07 bits per heavy atom. The lowest BCUT2D eigenvalue weighted by molar-refractivity contribution is -0.128. The van der Waals surface area contributed by atoms with E-state index in [1.807, 2.05) is 12.1 Å². The molecule has 1 aromatic rings. The average molecular weight is 386 g/mol. The summed E-state index contributed by atoms with van der Waals surface area (Å²) in [6.45, 7) is 4.76. The van der Waals surface area contributed by atoms with E-state index < -0.39 is 5.91 Å². The van der Waals surface area contributed by atoms with Gasteiger partial charge in [0.05, 0.1) is 0 Å². The minimum atomic E-state index is -0.422. The highest BCUT2D eigenvalue weighted by molar-refractivity contribution is 7.80. The van der Waals surface area contributed by atoms with Crippen molar-refractivity contribution >= 4 is 40.9 Å². The van der Waals surface area contributed by atoms with Gasteiger partial charge in [0.2, 0.25) is 0 Å². The van der Waals surface area contributed by atoms with E-state index in [-0.39, 0.29) is 16.6 Å². The van der Waals surface area contributed by atoms with Crippen LogP contribution in [0.3, 0.4) is 0 Å². The molecule has 2 heterocycles. The van der Waals surface area contributed by atoms with E-state index in [0.29, 0.717) is 6.54 Å². The van der Waals surface area contributed by atoms with E-state index in [0.717, 1.165) is 31.5 Å². The summed E-state index contributed by atoms with van der Waals surface area (Å²) in [4.78, 5) is 28.9. The number of hydrogen-bond donors (Lipinski definition) is 1. The standard InChI is InChI=1S/C21H27N3O2S/c1-2-3-14-24-20(26)18(19(25)22-21(24)27)15-16-8-10-17(11-9-16)23-12-6-4-5-7-13-23/h8-11,15H,2-7,12-14H2,1H3,(H,22,25,27). The highest BCUT2D eigenvalue weighted by atomic mass is 32.1. The fourth-order valence-corrected chi connectivity index (χ4v) is 3.76. The fraction of sp³-hybridized carbons (Fsp3) is 0.476. The van der Waals surface area contributed by atoms with Crippen molar-refractivity contribution in [2.45, 2.75) is 45.4 Å². The molecule has 2 aliphatic heterocycles. The third-order valence-corrected chi connectivity index (χ3v) is 5.42. The van der Waals surface area contributed by atoms with Gasteiger partial charge in [0.1, 0.15) is 5.57 Å². The van der Waals surface area contributed by atoms with Crippen LogP contribution in [0.4, 0.5) is 5.69 Å². The minimum Gasteiger partial charge on any atom is -0.372 e. The van der Waals surface area contributed by atoms with Crippen molar-refractivity contribution in [3.05, 3.63) is 35.4 Å². The molecule has 1 aromatic carbocycles. The Kier molecular flexibility index (Phi) is 6.61. The number of rotatable bonds is 5. The number of nitrogens with one attached hydrogen (secondary N) is 1. The molecule has 0 aromatic heterocycles. The lowest BCUT2D eigenvalue weighted by atomic mass is 10.1. The van der Waals surface area contributed by atoms with Gasteiger partial charge in [0.15, 0.2) is 5.11 Å². The molecule has 2 aliphatic rings. The number of carbonyl (C=O) groups is 2. The van der Waals surface area contributed by atoms with Crippen LogP contribution in [-0.2, 0) is 9.59 Å². The summed E-state index contributed by atoms with van der Waals surface area (Å²) >= 11 is 5.15. The maximum Gasteiger partial charge on any atom is 0.265 e. The summed E-state index contributed by atoms with van der Waals surface area (Å²) in [5, 5.41) is 2.83. The summed E-state index contributed by atoms with van der Waals surface area (Å²) in [5.41, 5.74) is 2.18. The Morgan fingerprint density at radius 3 is 2.37 bits per heavy atom. The summed E-state index contributed by atoms with van der Waals surface area (Å²) in [6.07, 6.45) is 8.52. The number of carbonyl (C=O) groups excluding carboxylic acids is 2. The Balaban J connectivity index is 1.76. The summed E-state index contributed by atoms with van der Waals surface area (Å²) < 4.78 is 0. The lowest BCUT2D eigenvalue weighted by Gasteiger charge is -2.28. The first-order chi connectivity index (χ1) is 13.1. The Hall–Kier alpha value is -2.21. The number of nitrogens with zero attached hydrogens (tertiary/aromatic N) is 2. The van der Waals surface area contributed by atoms with E-state index in [1.54, 1.807) is 6.08 Å². The zero-order valence-corrected chi connectivity index (χ0v) is 16.7. The first-order valence-corrected chi connectivity index (χ1v) is 10.2. The van der Waals surface area contributed by atoms with Crippen LogP contribution in [0.2, 0.25) is 0 Å². The summed E-state index contributed by atoms with van der Waals surface area (Å²) in [6, 6.07) is 8.08. The van der Waals surface area contributed by atoms with Gasteiger partial charge in [-0.3, -0.25) is 19.8 Å². The van der Waals surface area contributed by atoms with E-state index >= 15 is 0 Å². The Morgan fingerprint density at radius 2 is 1.74 bits per heavy atom.